The van der Waals surface area contributed by atoms with Crippen molar-refractivity contribution in [2.75, 3.05) is 0 Å². The predicted octanol–water partition coefficient (Wildman–Crippen LogP) is 4.45. The smallest absolute Gasteiger partial charge is 0.307 e. The van der Waals surface area contributed by atoms with Crippen LogP contribution in [0.3, 0.4) is 0 Å². The Morgan fingerprint density at radius 2 is 2.07 bits per heavy atom. The molecule has 1 aromatic carbocycles. The maximum absolute atomic E-state index is 13.8. The van der Waals surface area contributed by atoms with E-state index >= 15 is 0 Å². The van der Waals surface area contributed by atoms with Crippen molar-refractivity contribution >= 4 is 5.97 Å². The molecule has 7 heteroatoms. The fourth-order valence-corrected chi connectivity index (χ4v) is 4.11. The molecular weight excluding hydrogens is 366 g/mol. The zero-order valence-electron chi connectivity index (χ0n) is 16.0. The molecule has 1 heterocycles. The number of benzene rings is 1. The highest BCUT2D eigenvalue weighted by molar-refractivity contribution is 5.72. The molecule has 1 fully saturated rings. The summed E-state index contributed by atoms with van der Waals surface area (Å²) in [5, 5.41) is 19.7. The van der Waals surface area contributed by atoms with Gasteiger partial charge in [0, 0.05) is 42.9 Å². The van der Waals surface area contributed by atoms with Gasteiger partial charge in [0.2, 0.25) is 5.92 Å². The van der Waals surface area contributed by atoms with Crippen LogP contribution in [0, 0.1) is 6.92 Å². The molecule has 1 aliphatic carbocycles. The number of hydrogen-bond acceptors (Lipinski definition) is 3. The highest BCUT2D eigenvalue weighted by Crippen LogP contribution is 2.48. The minimum absolute atomic E-state index is 0.118. The number of halogens is 2. The highest BCUT2D eigenvalue weighted by atomic mass is 19.3. The van der Waals surface area contributed by atoms with Crippen molar-refractivity contribution in [3.63, 3.8) is 0 Å². The van der Waals surface area contributed by atoms with Gasteiger partial charge in [0.15, 0.2) is 0 Å². The highest BCUT2D eigenvalue weighted by Gasteiger charge is 2.41. The Hall–Kier alpha value is -2.44. The fourth-order valence-electron chi connectivity index (χ4n) is 4.11. The van der Waals surface area contributed by atoms with Gasteiger partial charge in [0.1, 0.15) is 11.6 Å². The molecule has 0 spiro atoms. The number of phenols is 1. The van der Waals surface area contributed by atoms with E-state index in [-0.39, 0.29) is 30.6 Å². The van der Waals surface area contributed by atoms with Crippen molar-refractivity contribution in [3.8, 4) is 5.75 Å². The van der Waals surface area contributed by atoms with Crippen molar-refractivity contribution in [1.82, 2.24) is 9.55 Å². The van der Waals surface area contributed by atoms with Gasteiger partial charge in [-0.25, -0.2) is 13.8 Å². The number of aromatic nitrogens is 2. The van der Waals surface area contributed by atoms with Crippen molar-refractivity contribution < 1.29 is 23.8 Å². The van der Waals surface area contributed by atoms with E-state index in [4.69, 9.17) is 5.11 Å². The minimum atomic E-state index is -2.73. The number of hydrogen-bond donors (Lipinski definition) is 2. The zero-order valence-corrected chi connectivity index (χ0v) is 16.0. The number of phenolic OH excluding ortho intramolecular Hbond substituents is 1. The number of carboxylic acids is 1. The van der Waals surface area contributed by atoms with Gasteiger partial charge >= 0.3 is 5.97 Å². The largest absolute Gasteiger partial charge is 0.507 e. The Balaban J connectivity index is 1.76. The van der Waals surface area contributed by atoms with Gasteiger partial charge in [-0.3, -0.25) is 4.79 Å². The maximum atomic E-state index is 13.8. The Kier molecular flexibility index (Phi) is 6.01. The van der Waals surface area contributed by atoms with Gasteiger partial charge in [-0.05, 0) is 44.1 Å². The predicted molar refractivity (Wildman–Crippen MR) is 101 cm³/mol. The summed E-state index contributed by atoms with van der Waals surface area (Å²) in [7, 11) is 0. The van der Waals surface area contributed by atoms with Crippen LogP contribution >= 0.6 is 0 Å². The van der Waals surface area contributed by atoms with Gasteiger partial charge in [0.05, 0.1) is 6.42 Å². The van der Waals surface area contributed by atoms with Crippen LogP contribution in [0.25, 0.3) is 0 Å². The van der Waals surface area contributed by atoms with Crippen LogP contribution in [-0.2, 0) is 24.2 Å². The first-order chi connectivity index (χ1) is 13.3. The summed E-state index contributed by atoms with van der Waals surface area (Å²) >= 11 is 0. The number of aryl methyl sites for hydroxylation is 3. The second-order valence-electron chi connectivity index (χ2n) is 7.64. The molecule has 152 valence electrons. The second-order valence-corrected chi connectivity index (χ2v) is 7.64. The number of aliphatic carboxylic acids is 1. The van der Waals surface area contributed by atoms with E-state index in [1.54, 1.807) is 18.3 Å². The molecule has 1 saturated carbocycles. The molecule has 3 rings (SSSR count). The molecule has 2 N–H and O–H groups in total. The quantitative estimate of drug-likeness (QED) is 0.651. The summed E-state index contributed by atoms with van der Waals surface area (Å²) in [6.45, 7) is 2.77. The van der Waals surface area contributed by atoms with Crippen molar-refractivity contribution in [2.24, 2.45) is 0 Å². The normalized spacial score (nSPS) is 18.5. The van der Waals surface area contributed by atoms with Gasteiger partial charge in [-0.1, -0.05) is 12.1 Å². The molecule has 1 aromatic heterocycles. The number of aromatic hydroxyl groups is 1. The summed E-state index contributed by atoms with van der Waals surface area (Å²) in [6.07, 6.45) is 5.58. The number of nitrogens with zero attached hydrogens (tertiary/aromatic N) is 2. The third-order valence-electron chi connectivity index (χ3n) is 5.56. The van der Waals surface area contributed by atoms with Gasteiger partial charge < -0.3 is 14.8 Å². The summed E-state index contributed by atoms with van der Waals surface area (Å²) in [4.78, 5) is 15.2. The summed E-state index contributed by atoms with van der Waals surface area (Å²) in [6, 6.07) is 3.40. The third-order valence-corrected chi connectivity index (χ3v) is 5.56. The lowest BCUT2D eigenvalue weighted by molar-refractivity contribution is -0.136. The van der Waals surface area contributed by atoms with E-state index in [1.165, 1.54) is 0 Å². The molecule has 0 aliphatic heterocycles. The maximum Gasteiger partial charge on any atom is 0.307 e. The number of carbonyl (C=O) groups is 1. The standard InChI is InChI=1S/C21H26F2N2O3/c1-14-24-9-11-25(14)10-3-2-4-15-5-6-16(12-18(26)27)20(28)19(15)17-7-8-21(22,23)13-17/h5-6,9,11,17,28H,2-4,7-8,10,12-13H2,1H3,(H,26,27)/t17-/m1/s1. The lowest BCUT2D eigenvalue weighted by atomic mass is 9.87. The van der Waals surface area contributed by atoms with Gasteiger partial charge in [-0.15, -0.1) is 0 Å². The Bertz CT molecular complexity index is 848. The van der Waals surface area contributed by atoms with E-state index in [1.807, 2.05) is 13.1 Å². The molecule has 2 aromatic rings. The zero-order chi connectivity index (χ0) is 20.3. The molecule has 1 atom stereocenters. The lowest BCUT2D eigenvalue weighted by Crippen LogP contribution is -2.11. The van der Waals surface area contributed by atoms with Crippen molar-refractivity contribution in [1.29, 1.82) is 0 Å². The van der Waals surface area contributed by atoms with Crippen LogP contribution in [0.5, 0.6) is 5.75 Å². The first-order valence-electron chi connectivity index (χ1n) is 9.68. The van der Waals surface area contributed by atoms with Crippen molar-refractivity contribution in [3.05, 3.63) is 47.0 Å². The molecule has 0 amide bonds. The SMILES string of the molecule is Cc1nccn1CCCCc1ccc(CC(=O)O)c(O)c1[C@@H]1CCC(F)(F)C1. The average Bonchev–Trinajstić information content (AvgIpc) is 3.18. The summed E-state index contributed by atoms with van der Waals surface area (Å²) < 4.78 is 29.6. The van der Waals surface area contributed by atoms with E-state index < -0.39 is 17.8 Å². The molecule has 1 aliphatic rings. The Morgan fingerprint density at radius 1 is 1.32 bits per heavy atom. The van der Waals surface area contributed by atoms with Crippen LogP contribution in [0.1, 0.15) is 60.5 Å². The first-order valence-corrected chi connectivity index (χ1v) is 9.68. The van der Waals surface area contributed by atoms with E-state index in [0.717, 1.165) is 30.8 Å². The fraction of sp³-hybridized carbons (Fsp3) is 0.524. The van der Waals surface area contributed by atoms with E-state index in [9.17, 15) is 18.7 Å². The van der Waals surface area contributed by atoms with Crippen LogP contribution < -0.4 is 0 Å². The number of unbranched alkanes of at least 4 members (excludes halogenated alkanes) is 1. The summed E-state index contributed by atoms with van der Waals surface area (Å²) in [5.41, 5.74) is 1.65. The third kappa shape index (κ3) is 4.69. The second kappa shape index (κ2) is 8.29. The summed E-state index contributed by atoms with van der Waals surface area (Å²) in [5.74, 6) is -3.38. The van der Waals surface area contributed by atoms with Crippen LogP contribution in [-0.4, -0.2) is 31.7 Å². The molecule has 0 bridgehead atoms. The van der Waals surface area contributed by atoms with Crippen LogP contribution in [0.4, 0.5) is 8.78 Å². The number of rotatable bonds is 8. The minimum Gasteiger partial charge on any atom is -0.507 e. The van der Waals surface area contributed by atoms with E-state index in [2.05, 4.69) is 9.55 Å². The first kappa shape index (κ1) is 20.3. The molecule has 0 radical (unpaired) electrons. The Labute approximate surface area is 163 Å². The monoisotopic (exact) mass is 392 g/mol. The number of imidazole rings is 1. The van der Waals surface area contributed by atoms with Crippen LogP contribution in [0.15, 0.2) is 24.5 Å². The topological polar surface area (TPSA) is 75.4 Å². The van der Waals surface area contributed by atoms with Gasteiger partial charge in [0.25, 0.3) is 0 Å². The van der Waals surface area contributed by atoms with Crippen LogP contribution in [0.2, 0.25) is 0 Å². The average molecular weight is 392 g/mol. The number of alkyl halides is 2. The van der Waals surface area contributed by atoms with E-state index in [0.29, 0.717) is 18.4 Å². The molecule has 0 saturated heterocycles. The molecule has 5 nitrogen and oxygen atoms in total. The molecular formula is C21H26F2N2O3. The molecule has 28 heavy (non-hydrogen) atoms. The number of carboxylic acid groups (broad SMARTS) is 1. The lowest BCUT2D eigenvalue weighted by Gasteiger charge is -2.20. The van der Waals surface area contributed by atoms with Crippen molar-refractivity contribution in [2.45, 2.75) is 70.3 Å². The van der Waals surface area contributed by atoms with Gasteiger partial charge in [-0.2, -0.15) is 0 Å². The Morgan fingerprint density at radius 3 is 2.68 bits per heavy atom. The molecule has 0 unspecified atom stereocenters.